The first kappa shape index (κ1) is 10.9. The lowest BCUT2D eigenvalue weighted by molar-refractivity contribution is 0.388. The van der Waals surface area contributed by atoms with Crippen molar-refractivity contribution in [2.45, 2.75) is 32.7 Å². The van der Waals surface area contributed by atoms with Crippen LogP contribution in [0.3, 0.4) is 0 Å². The van der Waals surface area contributed by atoms with E-state index in [2.05, 4.69) is 45.7 Å². The minimum Gasteiger partial charge on any atom is -0.353 e. The number of rotatable bonds is 1. The van der Waals surface area contributed by atoms with Crippen LogP contribution in [-0.4, -0.2) is 17.6 Å². The van der Waals surface area contributed by atoms with Crippen molar-refractivity contribution in [1.29, 1.82) is 0 Å². The molecule has 3 heteroatoms. The van der Waals surface area contributed by atoms with E-state index in [-0.39, 0.29) is 0 Å². The van der Waals surface area contributed by atoms with Crippen LogP contribution in [0, 0.1) is 5.92 Å². The summed E-state index contributed by atoms with van der Waals surface area (Å²) in [7, 11) is 0. The highest BCUT2D eigenvalue weighted by Gasteiger charge is 2.24. The summed E-state index contributed by atoms with van der Waals surface area (Å²) < 4.78 is 1.10. The summed E-state index contributed by atoms with van der Waals surface area (Å²) in [6, 6.07) is 4.63. The fourth-order valence-corrected chi connectivity index (χ4v) is 2.66. The zero-order chi connectivity index (χ0) is 10.8. The molecule has 2 nitrogen and oxygen atoms in total. The Kier molecular flexibility index (Phi) is 3.29. The van der Waals surface area contributed by atoms with Gasteiger partial charge in [0, 0.05) is 18.8 Å². The monoisotopic (exact) mass is 268 g/mol. The van der Waals surface area contributed by atoms with Gasteiger partial charge in [-0.05, 0) is 53.7 Å². The summed E-state index contributed by atoms with van der Waals surface area (Å²) in [5.74, 6) is 1.87. The Labute approximate surface area is 99.8 Å². The summed E-state index contributed by atoms with van der Waals surface area (Å²) >= 11 is 3.58. The SMILES string of the molecule is CC1CCC(C)N(c2ncccc2Br)C1. The maximum Gasteiger partial charge on any atom is 0.143 e. The van der Waals surface area contributed by atoms with Gasteiger partial charge in [0.15, 0.2) is 0 Å². The molecule has 0 N–H and O–H groups in total. The number of piperidine rings is 1. The van der Waals surface area contributed by atoms with Crippen molar-refractivity contribution in [2.75, 3.05) is 11.4 Å². The fourth-order valence-electron chi connectivity index (χ4n) is 2.17. The van der Waals surface area contributed by atoms with Crippen molar-refractivity contribution in [3.63, 3.8) is 0 Å². The predicted molar refractivity (Wildman–Crippen MR) is 67.1 cm³/mol. The largest absolute Gasteiger partial charge is 0.353 e. The molecule has 0 radical (unpaired) electrons. The number of hydrogen-bond donors (Lipinski definition) is 0. The molecular formula is C12H17BrN2. The summed E-state index contributed by atoms with van der Waals surface area (Å²) in [4.78, 5) is 6.88. The van der Waals surface area contributed by atoms with Crippen molar-refractivity contribution >= 4 is 21.7 Å². The molecule has 1 fully saturated rings. The molecule has 0 aliphatic carbocycles. The quantitative estimate of drug-likeness (QED) is 0.776. The van der Waals surface area contributed by atoms with Gasteiger partial charge < -0.3 is 4.90 Å². The Bertz CT molecular complexity index is 340. The van der Waals surface area contributed by atoms with Gasteiger partial charge >= 0.3 is 0 Å². The van der Waals surface area contributed by atoms with Gasteiger partial charge in [-0.2, -0.15) is 0 Å². The van der Waals surface area contributed by atoms with Gasteiger partial charge in [0.2, 0.25) is 0 Å². The maximum absolute atomic E-state index is 4.47. The second-order valence-corrected chi connectivity index (χ2v) is 5.35. The molecule has 0 amide bonds. The van der Waals surface area contributed by atoms with Gasteiger partial charge in [-0.15, -0.1) is 0 Å². The van der Waals surface area contributed by atoms with Crippen molar-refractivity contribution in [1.82, 2.24) is 4.98 Å². The molecule has 2 rings (SSSR count). The zero-order valence-corrected chi connectivity index (χ0v) is 10.9. The lowest BCUT2D eigenvalue weighted by atomic mass is 9.95. The van der Waals surface area contributed by atoms with Gasteiger partial charge in [0.25, 0.3) is 0 Å². The second-order valence-electron chi connectivity index (χ2n) is 4.49. The van der Waals surface area contributed by atoms with Crippen LogP contribution in [0.2, 0.25) is 0 Å². The van der Waals surface area contributed by atoms with Crippen LogP contribution in [0.15, 0.2) is 22.8 Å². The van der Waals surface area contributed by atoms with Crippen LogP contribution in [0.4, 0.5) is 5.82 Å². The minimum absolute atomic E-state index is 0.604. The van der Waals surface area contributed by atoms with Crippen molar-refractivity contribution in [3.8, 4) is 0 Å². The third-order valence-electron chi connectivity index (χ3n) is 3.13. The Morgan fingerprint density at radius 2 is 2.20 bits per heavy atom. The number of pyridine rings is 1. The number of halogens is 1. The smallest absolute Gasteiger partial charge is 0.143 e. The van der Waals surface area contributed by atoms with E-state index in [1.807, 2.05) is 12.3 Å². The molecule has 1 aliphatic heterocycles. The highest BCUT2D eigenvalue weighted by Crippen LogP contribution is 2.30. The van der Waals surface area contributed by atoms with E-state index in [0.29, 0.717) is 6.04 Å². The zero-order valence-electron chi connectivity index (χ0n) is 9.28. The molecular weight excluding hydrogens is 252 g/mol. The van der Waals surface area contributed by atoms with Crippen LogP contribution in [0.5, 0.6) is 0 Å². The van der Waals surface area contributed by atoms with Gasteiger partial charge in [-0.3, -0.25) is 0 Å². The van der Waals surface area contributed by atoms with E-state index in [4.69, 9.17) is 0 Å². The standard InChI is InChI=1S/C12H17BrN2/c1-9-5-6-10(2)15(8-9)12-11(13)4-3-7-14-12/h3-4,7,9-10H,5-6,8H2,1-2H3. The first-order valence-corrected chi connectivity index (χ1v) is 6.35. The van der Waals surface area contributed by atoms with Crippen molar-refractivity contribution in [2.24, 2.45) is 5.92 Å². The number of hydrogen-bond acceptors (Lipinski definition) is 2. The van der Waals surface area contributed by atoms with Crippen molar-refractivity contribution < 1.29 is 0 Å². The van der Waals surface area contributed by atoms with Crippen LogP contribution < -0.4 is 4.90 Å². The van der Waals surface area contributed by atoms with Gasteiger partial charge in [0.1, 0.15) is 5.82 Å². The predicted octanol–water partition coefficient (Wildman–Crippen LogP) is 3.47. The molecule has 1 aliphatic rings. The van der Waals surface area contributed by atoms with Crippen LogP contribution in [-0.2, 0) is 0 Å². The molecule has 2 heterocycles. The van der Waals surface area contributed by atoms with E-state index in [1.165, 1.54) is 12.8 Å². The van der Waals surface area contributed by atoms with Crippen LogP contribution in [0.25, 0.3) is 0 Å². The third kappa shape index (κ3) is 2.33. The van der Waals surface area contributed by atoms with Gasteiger partial charge in [-0.25, -0.2) is 4.98 Å². The second kappa shape index (κ2) is 4.52. The van der Waals surface area contributed by atoms with E-state index in [9.17, 15) is 0 Å². The molecule has 2 unspecified atom stereocenters. The van der Waals surface area contributed by atoms with Gasteiger partial charge in [0.05, 0.1) is 4.47 Å². The summed E-state index contributed by atoms with van der Waals surface area (Å²) in [6.45, 7) is 5.72. The number of anilines is 1. The Morgan fingerprint density at radius 3 is 2.93 bits per heavy atom. The maximum atomic E-state index is 4.47. The lowest BCUT2D eigenvalue weighted by Gasteiger charge is -2.38. The molecule has 1 aromatic heterocycles. The average Bonchev–Trinajstić information content (AvgIpc) is 2.23. The highest BCUT2D eigenvalue weighted by molar-refractivity contribution is 9.10. The third-order valence-corrected chi connectivity index (χ3v) is 3.75. The molecule has 0 spiro atoms. The van der Waals surface area contributed by atoms with E-state index >= 15 is 0 Å². The molecule has 0 aromatic carbocycles. The Hall–Kier alpha value is -0.570. The van der Waals surface area contributed by atoms with E-state index in [1.54, 1.807) is 0 Å². The molecule has 82 valence electrons. The Balaban J connectivity index is 2.25. The highest BCUT2D eigenvalue weighted by atomic mass is 79.9. The summed E-state index contributed by atoms with van der Waals surface area (Å²) in [5.41, 5.74) is 0. The fraction of sp³-hybridized carbons (Fsp3) is 0.583. The number of nitrogens with zero attached hydrogens (tertiary/aromatic N) is 2. The summed E-state index contributed by atoms with van der Waals surface area (Å²) in [5, 5.41) is 0. The topological polar surface area (TPSA) is 16.1 Å². The molecule has 0 bridgehead atoms. The average molecular weight is 269 g/mol. The van der Waals surface area contributed by atoms with E-state index in [0.717, 1.165) is 22.8 Å². The molecule has 2 atom stereocenters. The number of aromatic nitrogens is 1. The molecule has 0 saturated carbocycles. The van der Waals surface area contributed by atoms with Gasteiger partial charge in [-0.1, -0.05) is 6.92 Å². The Morgan fingerprint density at radius 1 is 1.40 bits per heavy atom. The molecule has 15 heavy (non-hydrogen) atoms. The van der Waals surface area contributed by atoms with Crippen LogP contribution >= 0.6 is 15.9 Å². The lowest BCUT2D eigenvalue weighted by Crippen LogP contribution is -2.41. The molecule has 1 saturated heterocycles. The van der Waals surface area contributed by atoms with E-state index < -0.39 is 0 Å². The van der Waals surface area contributed by atoms with Crippen molar-refractivity contribution in [3.05, 3.63) is 22.8 Å². The van der Waals surface area contributed by atoms with Crippen LogP contribution in [0.1, 0.15) is 26.7 Å². The first-order valence-electron chi connectivity index (χ1n) is 5.55. The normalized spacial score (nSPS) is 26.7. The first-order chi connectivity index (χ1) is 7.18. The minimum atomic E-state index is 0.604. The molecule has 1 aromatic rings. The summed E-state index contributed by atoms with van der Waals surface area (Å²) in [6.07, 6.45) is 4.47.